The van der Waals surface area contributed by atoms with E-state index in [1.807, 2.05) is 0 Å². The van der Waals surface area contributed by atoms with Gasteiger partial charge >= 0.3 is 10.4 Å². The van der Waals surface area contributed by atoms with Crippen LogP contribution in [0.15, 0.2) is 4.79 Å². The van der Waals surface area contributed by atoms with Crippen molar-refractivity contribution in [1.82, 2.24) is 9.97 Å². The van der Waals surface area contributed by atoms with Gasteiger partial charge in [0.1, 0.15) is 11.5 Å². The van der Waals surface area contributed by atoms with Gasteiger partial charge in [0.2, 0.25) is 0 Å². The van der Waals surface area contributed by atoms with Crippen molar-refractivity contribution in [3.05, 3.63) is 16.2 Å². The number of nitrogens with two attached hydrogens (primary N) is 2. The van der Waals surface area contributed by atoms with Gasteiger partial charge in [-0.2, -0.15) is 8.42 Å². The Balaban J connectivity index is 0.000000336. The second-order valence-electron chi connectivity index (χ2n) is 2.40. The molecule has 0 unspecified atom stereocenters. The Bertz CT molecular complexity index is 485. The fraction of sp³-hybridized carbons (Fsp3) is 0.200. The van der Waals surface area contributed by atoms with E-state index in [1.165, 1.54) is 0 Å². The van der Waals surface area contributed by atoms with Crippen LogP contribution >= 0.6 is 0 Å². The third-order valence-electron chi connectivity index (χ3n) is 1.10. The third kappa shape index (κ3) is 6.42. The van der Waals surface area contributed by atoms with Crippen LogP contribution in [-0.2, 0) is 10.4 Å². The minimum absolute atomic E-state index is 0.0226. The standard InChI is InChI=1S/C5H8N4O.H2O4S/c1-2-8-4(7)3(6)5(10)9-2;1-5(2,3)4/h6H2,1H3,(H3,7,8,9,10);(H2,1,2,3,4). The minimum Gasteiger partial charge on any atom is -0.391 e. The molecule has 0 saturated heterocycles. The molecule has 0 bridgehead atoms. The van der Waals surface area contributed by atoms with Gasteiger partial charge in [-0.05, 0) is 6.92 Å². The van der Waals surface area contributed by atoms with Crippen LogP contribution in [0.2, 0.25) is 0 Å². The SMILES string of the molecule is Cc1nc(N)c(N)c(=O)[nH]1.O=S(=O)(O)O. The zero-order valence-electron chi connectivity index (χ0n) is 7.63. The highest BCUT2D eigenvalue weighted by molar-refractivity contribution is 7.79. The maximum absolute atomic E-state index is 10.8. The summed E-state index contributed by atoms with van der Waals surface area (Å²) in [5.41, 5.74) is 10.1. The molecule has 86 valence electrons. The summed E-state index contributed by atoms with van der Waals surface area (Å²) in [4.78, 5) is 16.9. The highest BCUT2D eigenvalue weighted by Gasteiger charge is 2.00. The number of nitrogens with one attached hydrogen (secondary N) is 1. The van der Waals surface area contributed by atoms with Gasteiger partial charge in [0.15, 0.2) is 5.82 Å². The zero-order chi connectivity index (χ0) is 12.2. The summed E-state index contributed by atoms with van der Waals surface area (Å²) in [6, 6.07) is 0. The molecule has 1 aromatic heterocycles. The van der Waals surface area contributed by atoms with Crippen LogP contribution in [0.5, 0.6) is 0 Å². The van der Waals surface area contributed by atoms with E-state index in [9.17, 15) is 4.79 Å². The highest BCUT2D eigenvalue weighted by Crippen LogP contribution is 2.01. The zero-order valence-corrected chi connectivity index (χ0v) is 8.45. The fourth-order valence-corrected chi connectivity index (χ4v) is 0.617. The first kappa shape index (κ1) is 13.4. The molecule has 0 atom stereocenters. The maximum Gasteiger partial charge on any atom is 0.394 e. The first-order chi connectivity index (χ1) is 6.61. The summed E-state index contributed by atoms with van der Waals surface area (Å²) in [5.74, 6) is 0.554. The van der Waals surface area contributed by atoms with Crippen molar-refractivity contribution in [1.29, 1.82) is 0 Å². The molecule has 15 heavy (non-hydrogen) atoms. The average Bonchev–Trinajstić information content (AvgIpc) is 1.96. The lowest BCUT2D eigenvalue weighted by Crippen LogP contribution is -2.17. The van der Waals surface area contributed by atoms with Crippen molar-refractivity contribution >= 4 is 21.9 Å². The Hall–Kier alpha value is -1.65. The van der Waals surface area contributed by atoms with Crippen LogP contribution in [-0.4, -0.2) is 27.5 Å². The molecule has 0 aliphatic rings. The number of nitrogens with zero attached hydrogens (tertiary/aromatic N) is 1. The Kier molecular flexibility index (Phi) is 4.21. The number of hydrogen-bond donors (Lipinski definition) is 5. The first-order valence-electron chi connectivity index (χ1n) is 3.43. The summed E-state index contributed by atoms with van der Waals surface area (Å²) in [5, 5.41) is 0. The fourth-order valence-electron chi connectivity index (χ4n) is 0.617. The van der Waals surface area contributed by atoms with Gasteiger partial charge in [-0.3, -0.25) is 13.9 Å². The lowest BCUT2D eigenvalue weighted by atomic mass is 10.5. The van der Waals surface area contributed by atoms with E-state index in [0.717, 1.165) is 0 Å². The monoisotopic (exact) mass is 238 g/mol. The molecule has 0 radical (unpaired) electrons. The molecular weight excluding hydrogens is 228 g/mol. The predicted octanol–water partition coefficient (Wildman–Crippen LogP) is -1.41. The van der Waals surface area contributed by atoms with Crippen LogP contribution in [0, 0.1) is 6.92 Å². The minimum atomic E-state index is -4.67. The van der Waals surface area contributed by atoms with Gasteiger partial charge in [0.25, 0.3) is 5.56 Å². The Labute approximate surface area is 84.7 Å². The van der Waals surface area contributed by atoms with Crippen molar-refractivity contribution < 1.29 is 17.5 Å². The van der Waals surface area contributed by atoms with Crippen molar-refractivity contribution in [3.8, 4) is 0 Å². The van der Waals surface area contributed by atoms with Crippen LogP contribution in [0.1, 0.15) is 5.82 Å². The summed E-state index contributed by atoms with van der Waals surface area (Å²) in [6.07, 6.45) is 0. The van der Waals surface area contributed by atoms with E-state index < -0.39 is 10.4 Å². The van der Waals surface area contributed by atoms with E-state index in [2.05, 4.69) is 9.97 Å². The topological polar surface area (TPSA) is 172 Å². The van der Waals surface area contributed by atoms with Crippen LogP contribution in [0.25, 0.3) is 0 Å². The Morgan fingerprint density at radius 1 is 1.33 bits per heavy atom. The number of H-pyrrole nitrogens is 1. The molecule has 0 spiro atoms. The van der Waals surface area contributed by atoms with E-state index in [0.29, 0.717) is 5.82 Å². The normalized spacial score (nSPS) is 10.3. The molecule has 0 aliphatic carbocycles. The van der Waals surface area contributed by atoms with Crippen LogP contribution in [0.3, 0.4) is 0 Å². The maximum atomic E-state index is 10.8. The Morgan fingerprint density at radius 3 is 2.07 bits per heavy atom. The number of anilines is 2. The number of nitrogen functional groups attached to an aromatic ring is 2. The lowest BCUT2D eigenvalue weighted by molar-refractivity contribution is 0.381. The molecule has 0 aliphatic heterocycles. The van der Waals surface area contributed by atoms with E-state index in [4.69, 9.17) is 29.0 Å². The average molecular weight is 238 g/mol. The molecular formula is C5H10N4O5S. The molecule has 1 rings (SSSR count). The van der Waals surface area contributed by atoms with Crippen molar-refractivity contribution in [3.63, 3.8) is 0 Å². The third-order valence-corrected chi connectivity index (χ3v) is 1.10. The summed E-state index contributed by atoms with van der Waals surface area (Å²) in [6.45, 7) is 1.64. The number of aryl methyl sites for hydroxylation is 1. The molecule has 1 aromatic rings. The molecule has 9 nitrogen and oxygen atoms in total. The van der Waals surface area contributed by atoms with Crippen molar-refractivity contribution in [2.24, 2.45) is 0 Å². The lowest BCUT2D eigenvalue weighted by Gasteiger charge is -1.97. The summed E-state index contributed by atoms with van der Waals surface area (Å²) >= 11 is 0. The number of aromatic amines is 1. The van der Waals surface area contributed by atoms with Gasteiger partial charge in [0.05, 0.1) is 0 Å². The van der Waals surface area contributed by atoms with Gasteiger partial charge in [-0.25, -0.2) is 4.98 Å². The molecule has 7 N–H and O–H groups in total. The second-order valence-corrected chi connectivity index (χ2v) is 3.29. The molecule has 1 heterocycles. The second kappa shape index (κ2) is 4.72. The molecule has 10 heteroatoms. The van der Waals surface area contributed by atoms with Gasteiger partial charge in [-0.1, -0.05) is 0 Å². The van der Waals surface area contributed by atoms with E-state index in [-0.39, 0.29) is 17.1 Å². The van der Waals surface area contributed by atoms with Crippen LogP contribution in [0.4, 0.5) is 11.5 Å². The predicted molar refractivity (Wildman–Crippen MR) is 52.6 cm³/mol. The Morgan fingerprint density at radius 2 is 1.73 bits per heavy atom. The first-order valence-corrected chi connectivity index (χ1v) is 4.82. The van der Waals surface area contributed by atoms with Gasteiger partial charge in [0, 0.05) is 0 Å². The van der Waals surface area contributed by atoms with Crippen LogP contribution < -0.4 is 17.0 Å². The number of aromatic nitrogens is 2. The summed E-state index contributed by atoms with van der Waals surface area (Å²) in [7, 11) is -4.67. The molecule has 0 amide bonds. The van der Waals surface area contributed by atoms with Gasteiger partial charge < -0.3 is 16.5 Å². The quantitative estimate of drug-likeness (QED) is 0.343. The van der Waals surface area contributed by atoms with Crippen molar-refractivity contribution in [2.75, 3.05) is 11.5 Å². The van der Waals surface area contributed by atoms with Crippen molar-refractivity contribution in [2.45, 2.75) is 6.92 Å². The number of hydrogen-bond acceptors (Lipinski definition) is 6. The summed E-state index contributed by atoms with van der Waals surface area (Å²) < 4.78 is 31.6. The smallest absolute Gasteiger partial charge is 0.391 e. The van der Waals surface area contributed by atoms with Gasteiger partial charge in [-0.15, -0.1) is 0 Å². The highest BCUT2D eigenvalue weighted by atomic mass is 32.3. The molecule has 0 fully saturated rings. The van der Waals surface area contributed by atoms with E-state index >= 15 is 0 Å². The molecule has 0 saturated carbocycles. The molecule has 0 aromatic carbocycles. The number of rotatable bonds is 0. The van der Waals surface area contributed by atoms with E-state index in [1.54, 1.807) is 6.92 Å². The largest absolute Gasteiger partial charge is 0.394 e.